The van der Waals surface area contributed by atoms with Gasteiger partial charge in [0.2, 0.25) is 0 Å². The minimum atomic E-state index is -0.112. The molecular weight excluding hydrogens is 218 g/mol. The van der Waals surface area contributed by atoms with Crippen LogP contribution in [0.3, 0.4) is 0 Å². The van der Waals surface area contributed by atoms with Gasteiger partial charge in [0.15, 0.2) is 0 Å². The zero-order valence-corrected chi connectivity index (χ0v) is 12.3. The highest BCUT2D eigenvalue weighted by molar-refractivity contribution is 5.33. The fraction of sp³-hybridized carbons (Fsp3) is 0.647. The smallest absolute Gasteiger partial charge is 0.0435 e. The van der Waals surface area contributed by atoms with Crippen LogP contribution in [0, 0.1) is 5.92 Å². The third kappa shape index (κ3) is 2.47. The average molecular weight is 245 g/mol. The second-order valence-corrected chi connectivity index (χ2v) is 7.02. The van der Waals surface area contributed by atoms with Crippen molar-refractivity contribution in [2.45, 2.75) is 64.3 Å². The molecule has 1 aliphatic carbocycles. The summed E-state index contributed by atoms with van der Waals surface area (Å²) in [6.45, 7) is 9.10. The zero-order chi connectivity index (χ0) is 13.4. The van der Waals surface area contributed by atoms with Crippen molar-refractivity contribution in [3.8, 4) is 0 Å². The van der Waals surface area contributed by atoms with Crippen molar-refractivity contribution in [3.05, 3.63) is 35.4 Å². The van der Waals surface area contributed by atoms with E-state index in [1.165, 1.54) is 30.4 Å². The first-order chi connectivity index (χ1) is 8.34. The SMILES string of the molecule is CC1CCCCC1(N)c1cccc(C(C)(C)C)c1. The molecule has 18 heavy (non-hydrogen) atoms. The van der Waals surface area contributed by atoms with Gasteiger partial charge in [-0.05, 0) is 35.3 Å². The first-order valence-corrected chi connectivity index (χ1v) is 7.24. The van der Waals surface area contributed by atoms with Crippen LogP contribution in [0.5, 0.6) is 0 Å². The summed E-state index contributed by atoms with van der Waals surface area (Å²) in [7, 11) is 0. The molecule has 1 fully saturated rings. The standard InChI is InChI=1S/C17H27N/c1-13-8-5-6-11-17(13,18)15-10-7-9-14(12-15)16(2,3)4/h7,9-10,12-13H,5-6,8,11,18H2,1-4H3. The van der Waals surface area contributed by atoms with Crippen LogP contribution in [0.1, 0.15) is 64.5 Å². The largest absolute Gasteiger partial charge is 0.321 e. The highest BCUT2D eigenvalue weighted by Gasteiger charge is 2.36. The van der Waals surface area contributed by atoms with E-state index in [1.807, 2.05) is 0 Å². The zero-order valence-electron chi connectivity index (χ0n) is 12.3. The Balaban J connectivity index is 2.38. The predicted molar refractivity (Wildman–Crippen MR) is 78.6 cm³/mol. The molecule has 0 amide bonds. The highest BCUT2D eigenvalue weighted by Crippen LogP contribution is 2.40. The van der Waals surface area contributed by atoms with Crippen LogP contribution in [0.25, 0.3) is 0 Å². The van der Waals surface area contributed by atoms with E-state index < -0.39 is 0 Å². The molecule has 1 aliphatic rings. The molecule has 0 radical (unpaired) electrons. The molecule has 1 nitrogen and oxygen atoms in total. The molecule has 2 rings (SSSR count). The molecule has 1 saturated carbocycles. The number of hydrogen-bond acceptors (Lipinski definition) is 1. The van der Waals surface area contributed by atoms with E-state index in [2.05, 4.69) is 52.0 Å². The minimum Gasteiger partial charge on any atom is -0.321 e. The van der Waals surface area contributed by atoms with Crippen molar-refractivity contribution in [1.29, 1.82) is 0 Å². The lowest BCUT2D eigenvalue weighted by Crippen LogP contribution is -2.45. The molecular formula is C17H27N. The summed E-state index contributed by atoms with van der Waals surface area (Å²) in [5, 5.41) is 0. The molecule has 100 valence electrons. The van der Waals surface area contributed by atoms with Crippen molar-refractivity contribution in [2.24, 2.45) is 11.7 Å². The molecule has 0 spiro atoms. The number of rotatable bonds is 1. The maximum absolute atomic E-state index is 6.74. The van der Waals surface area contributed by atoms with Crippen LogP contribution in [-0.4, -0.2) is 0 Å². The third-order valence-electron chi connectivity index (χ3n) is 4.62. The van der Waals surface area contributed by atoms with Crippen LogP contribution in [0.15, 0.2) is 24.3 Å². The summed E-state index contributed by atoms with van der Waals surface area (Å²) in [4.78, 5) is 0. The summed E-state index contributed by atoms with van der Waals surface area (Å²) < 4.78 is 0. The van der Waals surface area contributed by atoms with Crippen molar-refractivity contribution >= 4 is 0 Å². The Kier molecular flexibility index (Phi) is 3.55. The fourth-order valence-electron chi connectivity index (χ4n) is 3.08. The second kappa shape index (κ2) is 4.70. The summed E-state index contributed by atoms with van der Waals surface area (Å²) in [6.07, 6.45) is 4.98. The van der Waals surface area contributed by atoms with Crippen molar-refractivity contribution in [3.63, 3.8) is 0 Å². The van der Waals surface area contributed by atoms with Gasteiger partial charge in [-0.25, -0.2) is 0 Å². The van der Waals surface area contributed by atoms with E-state index in [0.717, 1.165) is 6.42 Å². The van der Waals surface area contributed by atoms with Crippen molar-refractivity contribution in [2.75, 3.05) is 0 Å². The van der Waals surface area contributed by atoms with E-state index >= 15 is 0 Å². The molecule has 2 unspecified atom stereocenters. The van der Waals surface area contributed by atoms with Crippen molar-refractivity contribution < 1.29 is 0 Å². The van der Waals surface area contributed by atoms with Gasteiger partial charge in [-0.2, -0.15) is 0 Å². The molecule has 0 heterocycles. The lowest BCUT2D eigenvalue weighted by Gasteiger charge is -2.40. The molecule has 0 bridgehead atoms. The Hall–Kier alpha value is -0.820. The first kappa shape index (κ1) is 13.6. The third-order valence-corrected chi connectivity index (χ3v) is 4.62. The van der Waals surface area contributed by atoms with Crippen LogP contribution in [-0.2, 0) is 11.0 Å². The predicted octanol–water partition coefficient (Wildman–Crippen LogP) is 4.35. The molecule has 0 saturated heterocycles. The average Bonchev–Trinajstić information content (AvgIpc) is 2.32. The van der Waals surface area contributed by atoms with E-state index in [0.29, 0.717) is 5.92 Å². The Morgan fingerprint density at radius 2 is 1.94 bits per heavy atom. The molecule has 2 N–H and O–H groups in total. The van der Waals surface area contributed by atoms with E-state index in [-0.39, 0.29) is 11.0 Å². The highest BCUT2D eigenvalue weighted by atomic mass is 14.8. The Morgan fingerprint density at radius 3 is 2.56 bits per heavy atom. The summed E-state index contributed by atoms with van der Waals surface area (Å²) in [6, 6.07) is 8.95. The quantitative estimate of drug-likeness (QED) is 0.782. The topological polar surface area (TPSA) is 26.0 Å². The van der Waals surface area contributed by atoms with E-state index in [4.69, 9.17) is 5.73 Å². The van der Waals surface area contributed by atoms with Crippen LogP contribution < -0.4 is 5.73 Å². The summed E-state index contributed by atoms with van der Waals surface area (Å²) in [5.74, 6) is 0.585. The second-order valence-electron chi connectivity index (χ2n) is 7.02. The fourth-order valence-corrected chi connectivity index (χ4v) is 3.08. The molecule has 1 aromatic rings. The van der Waals surface area contributed by atoms with Gasteiger partial charge in [-0.3, -0.25) is 0 Å². The van der Waals surface area contributed by atoms with Gasteiger partial charge in [0.05, 0.1) is 0 Å². The monoisotopic (exact) mass is 245 g/mol. The Morgan fingerprint density at radius 1 is 1.22 bits per heavy atom. The van der Waals surface area contributed by atoms with Gasteiger partial charge in [-0.15, -0.1) is 0 Å². The van der Waals surface area contributed by atoms with Gasteiger partial charge >= 0.3 is 0 Å². The molecule has 2 atom stereocenters. The van der Waals surface area contributed by atoms with Crippen LogP contribution >= 0.6 is 0 Å². The lowest BCUT2D eigenvalue weighted by molar-refractivity contribution is 0.206. The lowest BCUT2D eigenvalue weighted by atomic mass is 9.69. The van der Waals surface area contributed by atoms with E-state index in [1.54, 1.807) is 0 Å². The van der Waals surface area contributed by atoms with Gasteiger partial charge in [0.25, 0.3) is 0 Å². The summed E-state index contributed by atoms with van der Waals surface area (Å²) in [5.41, 5.74) is 9.55. The van der Waals surface area contributed by atoms with Gasteiger partial charge < -0.3 is 5.73 Å². The van der Waals surface area contributed by atoms with Crippen LogP contribution in [0.2, 0.25) is 0 Å². The molecule has 0 aliphatic heterocycles. The number of benzene rings is 1. The van der Waals surface area contributed by atoms with Crippen LogP contribution in [0.4, 0.5) is 0 Å². The number of nitrogens with two attached hydrogens (primary N) is 1. The molecule has 1 aromatic carbocycles. The van der Waals surface area contributed by atoms with Gasteiger partial charge in [-0.1, -0.05) is 64.8 Å². The maximum atomic E-state index is 6.74. The minimum absolute atomic E-state index is 0.112. The van der Waals surface area contributed by atoms with E-state index in [9.17, 15) is 0 Å². The first-order valence-electron chi connectivity index (χ1n) is 7.24. The Labute approximate surface area is 112 Å². The molecule has 1 heteroatoms. The number of hydrogen-bond donors (Lipinski definition) is 1. The normalized spacial score (nSPS) is 29.3. The summed E-state index contributed by atoms with van der Waals surface area (Å²) >= 11 is 0. The maximum Gasteiger partial charge on any atom is 0.0435 e. The van der Waals surface area contributed by atoms with Gasteiger partial charge in [0, 0.05) is 5.54 Å². The van der Waals surface area contributed by atoms with Gasteiger partial charge in [0.1, 0.15) is 0 Å². The molecule has 0 aromatic heterocycles. The Bertz CT molecular complexity index is 416. The van der Waals surface area contributed by atoms with Crippen molar-refractivity contribution in [1.82, 2.24) is 0 Å².